The van der Waals surface area contributed by atoms with Crippen molar-refractivity contribution in [3.05, 3.63) is 48.0 Å². The molecule has 0 aliphatic rings. The molecule has 0 radical (unpaired) electrons. The van der Waals surface area contributed by atoms with E-state index in [1.807, 2.05) is 0 Å². The molecule has 0 saturated carbocycles. The number of carboxylic acid groups (broad SMARTS) is 1. The number of rotatable bonds is 3. The average Bonchev–Trinajstić information content (AvgIpc) is 2.46. The topological polar surface area (TPSA) is 95.9 Å². The van der Waals surface area contributed by atoms with Crippen LogP contribution in [0.15, 0.2) is 42.5 Å². The van der Waals surface area contributed by atoms with Crippen LogP contribution in [0.5, 0.6) is 5.75 Å². The van der Waals surface area contributed by atoms with Crippen LogP contribution in [-0.2, 0) is 4.74 Å². The Hall–Kier alpha value is -3.02. The highest BCUT2D eigenvalue weighted by molar-refractivity contribution is 5.90. The maximum absolute atomic E-state index is 11.7. The summed E-state index contributed by atoms with van der Waals surface area (Å²) in [4.78, 5) is 22.6. The van der Waals surface area contributed by atoms with Crippen LogP contribution >= 0.6 is 0 Å². The van der Waals surface area contributed by atoms with Gasteiger partial charge in [0.05, 0.1) is 5.56 Å². The van der Waals surface area contributed by atoms with Gasteiger partial charge in [-0.25, -0.2) is 9.59 Å². The molecule has 2 aromatic carbocycles. The number of phenols is 1. The lowest BCUT2D eigenvalue weighted by Gasteiger charge is -2.19. The molecule has 0 unspecified atom stereocenters. The summed E-state index contributed by atoms with van der Waals surface area (Å²) < 4.78 is 5.17. The summed E-state index contributed by atoms with van der Waals surface area (Å²) in [6.45, 7) is 5.33. The van der Waals surface area contributed by atoms with Gasteiger partial charge in [-0.3, -0.25) is 5.32 Å². The Labute approximate surface area is 139 Å². The molecule has 126 valence electrons. The number of hydrogen-bond donors (Lipinski definition) is 3. The number of hydrogen-bond acceptors (Lipinski definition) is 4. The largest absolute Gasteiger partial charge is 0.507 e. The van der Waals surface area contributed by atoms with E-state index in [1.54, 1.807) is 45.0 Å². The monoisotopic (exact) mass is 329 g/mol. The predicted molar refractivity (Wildman–Crippen MR) is 90.4 cm³/mol. The summed E-state index contributed by atoms with van der Waals surface area (Å²) in [5.41, 5.74) is 1.18. The molecule has 0 aliphatic heterocycles. The average molecular weight is 329 g/mol. The van der Waals surface area contributed by atoms with Crippen molar-refractivity contribution in [2.75, 3.05) is 5.32 Å². The third-order valence-corrected chi connectivity index (χ3v) is 3.09. The quantitative estimate of drug-likeness (QED) is 0.787. The fourth-order valence-corrected chi connectivity index (χ4v) is 2.06. The number of benzene rings is 2. The van der Waals surface area contributed by atoms with Crippen LogP contribution < -0.4 is 5.32 Å². The fourth-order valence-electron chi connectivity index (χ4n) is 2.06. The van der Waals surface area contributed by atoms with E-state index < -0.39 is 17.7 Å². The maximum atomic E-state index is 11.7. The van der Waals surface area contributed by atoms with Crippen molar-refractivity contribution in [2.45, 2.75) is 26.4 Å². The summed E-state index contributed by atoms with van der Waals surface area (Å²) in [6, 6.07) is 10.9. The number of aromatic carboxylic acids is 1. The molecule has 0 aliphatic carbocycles. The molecule has 0 heterocycles. The van der Waals surface area contributed by atoms with Crippen LogP contribution in [0.4, 0.5) is 10.5 Å². The third-order valence-electron chi connectivity index (χ3n) is 3.09. The second-order valence-electron chi connectivity index (χ2n) is 6.24. The fraction of sp³-hybridized carbons (Fsp3) is 0.222. The molecule has 0 saturated heterocycles. The molecule has 0 atom stereocenters. The summed E-state index contributed by atoms with van der Waals surface area (Å²) in [7, 11) is 0. The van der Waals surface area contributed by atoms with Crippen molar-refractivity contribution in [3.63, 3.8) is 0 Å². The molecule has 0 aromatic heterocycles. The molecule has 2 rings (SSSR count). The summed E-state index contributed by atoms with van der Waals surface area (Å²) >= 11 is 0. The molecular formula is C18H19NO5. The standard InChI is InChI=1S/C18H19NO5/c1-18(2,3)24-17(23)19-13-7-4-11(5-8-13)14-9-6-12(16(21)22)10-15(14)20/h4-10,20H,1-3H3,(H,19,23)(H,21,22). The van der Waals surface area contributed by atoms with Crippen LogP contribution in [0.2, 0.25) is 0 Å². The second-order valence-corrected chi connectivity index (χ2v) is 6.24. The maximum Gasteiger partial charge on any atom is 0.412 e. The van der Waals surface area contributed by atoms with Crippen LogP contribution in [0, 0.1) is 0 Å². The normalized spacial score (nSPS) is 11.0. The first-order valence-electron chi connectivity index (χ1n) is 7.32. The van der Waals surface area contributed by atoms with E-state index in [-0.39, 0.29) is 11.3 Å². The Bertz CT molecular complexity index is 760. The molecule has 0 spiro atoms. The molecule has 0 fully saturated rings. The Morgan fingerprint density at radius 2 is 1.67 bits per heavy atom. The minimum atomic E-state index is -1.10. The zero-order chi connectivity index (χ0) is 17.9. The Morgan fingerprint density at radius 3 is 2.17 bits per heavy atom. The Balaban J connectivity index is 2.15. The van der Waals surface area contributed by atoms with Crippen LogP contribution in [0.25, 0.3) is 11.1 Å². The van der Waals surface area contributed by atoms with E-state index in [2.05, 4.69) is 5.32 Å². The number of carbonyl (C=O) groups excluding carboxylic acids is 1. The zero-order valence-corrected chi connectivity index (χ0v) is 13.7. The molecule has 0 bridgehead atoms. The van der Waals surface area contributed by atoms with Crippen LogP contribution in [0.3, 0.4) is 0 Å². The van der Waals surface area contributed by atoms with Gasteiger partial charge >= 0.3 is 12.1 Å². The minimum absolute atomic E-state index is 0.0134. The number of amides is 1. The van der Waals surface area contributed by atoms with Gasteiger partial charge in [0.1, 0.15) is 11.4 Å². The Morgan fingerprint density at radius 1 is 1.04 bits per heavy atom. The van der Waals surface area contributed by atoms with E-state index in [1.165, 1.54) is 18.2 Å². The van der Waals surface area contributed by atoms with E-state index in [0.29, 0.717) is 16.8 Å². The lowest BCUT2D eigenvalue weighted by molar-refractivity contribution is 0.0634. The van der Waals surface area contributed by atoms with E-state index in [9.17, 15) is 14.7 Å². The van der Waals surface area contributed by atoms with Crippen molar-refractivity contribution in [2.24, 2.45) is 0 Å². The first-order valence-corrected chi connectivity index (χ1v) is 7.32. The molecule has 6 heteroatoms. The van der Waals surface area contributed by atoms with Crippen molar-refractivity contribution < 1.29 is 24.5 Å². The van der Waals surface area contributed by atoms with E-state index in [0.717, 1.165) is 0 Å². The lowest BCUT2D eigenvalue weighted by Crippen LogP contribution is -2.27. The van der Waals surface area contributed by atoms with Crippen LogP contribution in [0.1, 0.15) is 31.1 Å². The van der Waals surface area contributed by atoms with E-state index >= 15 is 0 Å². The van der Waals surface area contributed by atoms with E-state index in [4.69, 9.17) is 9.84 Å². The zero-order valence-electron chi connectivity index (χ0n) is 13.7. The number of anilines is 1. The van der Waals surface area contributed by atoms with Gasteiger partial charge in [0.15, 0.2) is 0 Å². The summed E-state index contributed by atoms with van der Waals surface area (Å²) in [5.74, 6) is -1.23. The van der Waals surface area contributed by atoms with Gasteiger partial charge in [-0.2, -0.15) is 0 Å². The Kier molecular flexibility index (Phi) is 4.78. The predicted octanol–water partition coefficient (Wildman–Crippen LogP) is 4.10. The molecule has 3 N–H and O–H groups in total. The SMILES string of the molecule is CC(C)(C)OC(=O)Nc1ccc(-c2ccc(C(=O)O)cc2O)cc1. The van der Waals surface area contributed by atoms with Crippen molar-refractivity contribution in [3.8, 4) is 16.9 Å². The number of carboxylic acids is 1. The number of aromatic hydroxyl groups is 1. The molecule has 1 amide bonds. The summed E-state index contributed by atoms with van der Waals surface area (Å²) in [5, 5.41) is 21.5. The highest BCUT2D eigenvalue weighted by atomic mass is 16.6. The number of carbonyl (C=O) groups is 2. The number of nitrogens with one attached hydrogen (secondary N) is 1. The molecular weight excluding hydrogens is 310 g/mol. The highest BCUT2D eigenvalue weighted by Gasteiger charge is 2.16. The third kappa shape index (κ3) is 4.49. The highest BCUT2D eigenvalue weighted by Crippen LogP contribution is 2.30. The van der Waals surface area contributed by atoms with Crippen molar-refractivity contribution in [1.29, 1.82) is 0 Å². The van der Waals surface area contributed by atoms with Gasteiger partial charge in [0.25, 0.3) is 0 Å². The van der Waals surface area contributed by atoms with Crippen LogP contribution in [-0.4, -0.2) is 27.9 Å². The molecule has 24 heavy (non-hydrogen) atoms. The summed E-state index contributed by atoms with van der Waals surface area (Å²) in [6.07, 6.45) is -0.552. The van der Waals surface area contributed by atoms with Gasteiger partial charge in [-0.15, -0.1) is 0 Å². The van der Waals surface area contributed by atoms with Gasteiger partial charge in [0.2, 0.25) is 0 Å². The first-order chi connectivity index (χ1) is 11.2. The smallest absolute Gasteiger partial charge is 0.412 e. The lowest BCUT2D eigenvalue weighted by atomic mass is 10.0. The second kappa shape index (κ2) is 6.62. The van der Waals surface area contributed by atoms with Crippen molar-refractivity contribution in [1.82, 2.24) is 0 Å². The first kappa shape index (κ1) is 17.3. The van der Waals surface area contributed by atoms with Gasteiger partial charge in [-0.05, 0) is 56.7 Å². The molecule has 2 aromatic rings. The molecule has 6 nitrogen and oxygen atoms in total. The van der Waals surface area contributed by atoms with Gasteiger partial charge in [-0.1, -0.05) is 12.1 Å². The van der Waals surface area contributed by atoms with Crippen molar-refractivity contribution >= 4 is 17.7 Å². The van der Waals surface area contributed by atoms with Gasteiger partial charge < -0.3 is 14.9 Å². The van der Waals surface area contributed by atoms with Gasteiger partial charge in [0, 0.05) is 11.3 Å². The number of phenolic OH excluding ortho intramolecular Hbond substituents is 1. The number of ether oxygens (including phenoxy) is 1. The minimum Gasteiger partial charge on any atom is -0.507 e.